The Morgan fingerprint density at radius 3 is 1.66 bits per heavy atom. The summed E-state index contributed by atoms with van der Waals surface area (Å²) in [5.74, 6) is -0.0127. The zero-order valence-corrected chi connectivity index (χ0v) is 33.1. The maximum atomic E-state index is 12.3. The molecule has 1 amide bonds. The Labute approximate surface area is 293 Å². The molecule has 1 unspecified atom stereocenters. The van der Waals surface area contributed by atoms with Gasteiger partial charge in [-0.1, -0.05) is 125 Å². The number of carbonyl (C=O) groups is 3. The van der Waals surface area contributed by atoms with Crippen molar-refractivity contribution in [3.63, 3.8) is 0 Å². The highest BCUT2D eigenvalue weighted by Crippen LogP contribution is 2.20. The monoisotopic (exact) mass is 672 g/mol. The molecule has 1 aliphatic heterocycles. The van der Waals surface area contributed by atoms with Crippen LogP contribution in [0.1, 0.15) is 210 Å². The van der Waals surface area contributed by atoms with Crippen molar-refractivity contribution in [3.8, 4) is 0 Å². The number of likely N-dealkylation sites (tertiary alicyclic amines) is 1. The van der Waals surface area contributed by atoms with Gasteiger partial charge in [-0.05, 0) is 79.1 Å². The maximum absolute atomic E-state index is 12.3. The lowest BCUT2D eigenvalue weighted by Crippen LogP contribution is -2.38. The van der Waals surface area contributed by atoms with Crippen LogP contribution in [0.15, 0.2) is 0 Å². The molecule has 282 valence electrons. The van der Waals surface area contributed by atoms with Gasteiger partial charge in [0.05, 0.1) is 6.61 Å². The fourth-order valence-corrected chi connectivity index (χ4v) is 5.37. The number of carbonyl (C=O) groups excluding carboxylic acids is 3. The maximum Gasteiger partial charge on any atom is 0.410 e. The summed E-state index contributed by atoms with van der Waals surface area (Å²) < 4.78 is 15.8. The van der Waals surface area contributed by atoms with Gasteiger partial charge in [0.1, 0.15) is 11.7 Å². The second-order valence-corrected chi connectivity index (χ2v) is 13.4. The highest BCUT2D eigenvalue weighted by Gasteiger charge is 2.29. The normalized spacial score (nSPS) is 13.8. The number of esters is 1. The predicted octanol–water partition coefficient (Wildman–Crippen LogP) is 12.4. The van der Waals surface area contributed by atoms with Crippen molar-refractivity contribution in [3.05, 3.63) is 0 Å². The van der Waals surface area contributed by atoms with Gasteiger partial charge in [0.15, 0.2) is 0 Å². The third kappa shape index (κ3) is 35.3. The van der Waals surface area contributed by atoms with Crippen LogP contribution in [0.25, 0.3) is 0 Å². The Hall–Kier alpha value is -1.79. The van der Waals surface area contributed by atoms with E-state index < -0.39 is 0 Å². The van der Waals surface area contributed by atoms with Gasteiger partial charge in [-0.15, -0.1) is 0 Å². The summed E-state index contributed by atoms with van der Waals surface area (Å²) in [5, 5.41) is 0. The van der Waals surface area contributed by atoms with Crippen LogP contribution in [0.2, 0.25) is 0 Å². The first kappa shape index (κ1) is 49.6. The molecule has 1 atom stereocenters. The molecule has 7 nitrogen and oxygen atoms in total. The molecule has 1 aliphatic rings. The van der Waals surface area contributed by atoms with Gasteiger partial charge in [0.25, 0.3) is 6.47 Å². The van der Waals surface area contributed by atoms with E-state index in [0.717, 1.165) is 64.3 Å². The average Bonchev–Trinajstić information content (AvgIpc) is 3.49. The van der Waals surface area contributed by atoms with Gasteiger partial charge in [-0.2, -0.15) is 0 Å². The second kappa shape index (κ2) is 37.0. The minimum atomic E-state index is -0.376. The molecule has 1 rings (SSSR count). The van der Waals surface area contributed by atoms with Gasteiger partial charge in [0, 0.05) is 19.0 Å². The molecule has 0 saturated carbocycles. The Kier molecular flexibility index (Phi) is 39.1. The molecule has 0 spiro atoms. The molecule has 7 heteroatoms. The molecule has 1 fully saturated rings. The third-order valence-electron chi connectivity index (χ3n) is 7.95. The largest absolute Gasteiger partial charge is 0.468 e. The molecule has 47 heavy (non-hydrogen) atoms. The van der Waals surface area contributed by atoms with Crippen LogP contribution in [-0.4, -0.2) is 54.3 Å². The Bertz CT molecular complexity index is 662. The number of unbranched alkanes of at least 4 members (excludes halogenated alkanes) is 14. The minimum Gasteiger partial charge on any atom is -0.468 e. The standard InChI is InChI=1S/C26H50O4.C10H19NO2.2C2H6/c1-3-5-7-9-12-16-20-25(21-17-13-10-8-6-4-2)30-26(28)22-18-14-11-15-19-23-29-24-27;1-8-6-5-7-11(8)9(12)13-10(2,3)4;2*1-2/h24-25H,3-23H2,1-2H3;8H,5-7H2,1-4H3;2*1-2H3. The number of ether oxygens (including phenoxy) is 3. The number of rotatable bonds is 24. The summed E-state index contributed by atoms with van der Waals surface area (Å²) in [5.41, 5.74) is -0.376. The van der Waals surface area contributed by atoms with Crippen LogP contribution in [0.4, 0.5) is 4.79 Å². The molecule has 0 N–H and O–H groups in total. The van der Waals surface area contributed by atoms with E-state index in [9.17, 15) is 14.4 Å². The van der Waals surface area contributed by atoms with Gasteiger partial charge in [-0.3, -0.25) is 9.59 Å². The lowest BCUT2D eigenvalue weighted by atomic mass is 10.0. The Balaban J connectivity index is -0.000000938. The van der Waals surface area contributed by atoms with Crippen molar-refractivity contribution in [2.75, 3.05) is 13.2 Å². The van der Waals surface area contributed by atoms with Crippen LogP contribution in [-0.2, 0) is 23.8 Å². The molecule has 1 heterocycles. The van der Waals surface area contributed by atoms with E-state index in [1.807, 2.05) is 53.4 Å². The van der Waals surface area contributed by atoms with E-state index in [1.165, 1.54) is 77.0 Å². The van der Waals surface area contributed by atoms with Crippen molar-refractivity contribution in [1.82, 2.24) is 4.90 Å². The van der Waals surface area contributed by atoms with E-state index in [-0.39, 0.29) is 23.8 Å². The fourth-order valence-electron chi connectivity index (χ4n) is 5.37. The SMILES string of the molecule is CC.CC.CC1CCCN1C(=O)OC(C)(C)C.CCCCCCCCC(CCCCCCCC)OC(=O)CCCCCCCOC=O. The summed E-state index contributed by atoms with van der Waals surface area (Å²) in [6, 6.07) is 0.342. The third-order valence-corrected chi connectivity index (χ3v) is 7.95. The summed E-state index contributed by atoms with van der Waals surface area (Å²) >= 11 is 0. The highest BCUT2D eigenvalue weighted by molar-refractivity contribution is 5.69. The van der Waals surface area contributed by atoms with E-state index >= 15 is 0 Å². The number of nitrogens with zero attached hydrogens (tertiary/aromatic N) is 1. The van der Waals surface area contributed by atoms with E-state index in [1.54, 1.807) is 0 Å². The molecule has 0 radical (unpaired) electrons. The van der Waals surface area contributed by atoms with E-state index in [4.69, 9.17) is 9.47 Å². The molecule has 1 saturated heterocycles. The topological polar surface area (TPSA) is 82.1 Å². The molecule has 0 aromatic carbocycles. The number of hydrogen-bond acceptors (Lipinski definition) is 6. The van der Waals surface area contributed by atoms with Gasteiger partial charge >= 0.3 is 12.1 Å². The lowest BCUT2D eigenvalue weighted by molar-refractivity contribution is -0.150. The molecule has 0 aliphatic carbocycles. The van der Waals surface area contributed by atoms with Crippen LogP contribution in [0, 0.1) is 0 Å². The van der Waals surface area contributed by atoms with Gasteiger partial charge in [-0.25, -0.2) is 4.79 Å². The minimum absolute atomic E-state index is 0.0127. The summed E-state index contributed by atoms with van der Waals surface area (Å²) in [6.07, 6.45) is 25.1. The predicted molar refractivity (Wildman–Crippen MR) is 200 cm³/mol. The van der Waals surface area contributed by atoms with Crippen LogP contribution < -0.4 is 0 Å². The Morgan fingerprint density at radius 2 is 1.21 bits per heavy atom. The molecular formula is C40H81NO6. The lowest BCUT2D eigenvalue weighted by Gasteiger charge is -2.26. The quantitative estimate of drug-likeness (QED) is 0.0439. The van der Waals surface area contributed by atoms with Crippen molar-refractivity contribution < 1.29 is 28.6 Å². The smallest absolute Gasteiger partial charge is 0.410 e. The van der Waals surface area contributed by atoms with Crippen molar-refractivity contribution in [1.29, 1.82) is 0 Å². The van der Waals surface area contributed by atoms with E-state index in [0.29, 0.717) is 25.5 Å². The van der Waals surface area contributed by atoms with Crippen molar-refractivity contribution in [2.45, 2.75) is 228 Å². The average molecular weight is 672 g/mol. The molecule has 0 aromatic heterocycles. The Morgan fingerprint density at radius 1 is 0.745 bits per heavy atom. The zero-order valence-electron chi connectivity index (χ0n) is 33.1. The van der Waals surface area contributed by atoms with Crippen molar-refractivity contribution in [2.24, 2.45) is 0 Å². The molecular weight excluding hydrogens is 590 g/mol. The first-order chi connectivity index (χ1) is 22.6. The number of hydrogen-bond donors (Lipinski definition) is 0. The summed E-state index contributed by atoms with van der Waals surface area (Å²) in [7, 11) is 0. The summed E-state index contributed by atoms with van der Waals surface area (Å²) in [6.45, 7) is 22.1. The van der Waals surface area contributed by atoms with Crippen LogP contribution in [0.5, 0.6) is 0 Å². The molecule has 0 bridgehead atoms. The number of amides is 1. The van der Waals surface area contributed by atoms with Gasteiger partial charge in [0.2, 0.25) is 0 Å². The second-order valence-electron chi connectivity index (χ2n) is 13.4. The first-order valence-electron chi connectivity index (χ1n) is 19.9. The highest BCUT2D eigenvalue weighted by atomic mass is 16.6. The first-order valence-corrected chi connectivity index (χ1v) is 19.9. The van der Waals surface area contributed by atoms with Crippen molar-refractivity contribution >= 4 is 18.5 Å². The fraction of sp³-hybridized carbons (Fsp3) is 0.925. The zero-order chi connectivity index (χ0) is 36.2. The van der Waals surface area contributed by atoms with E-state index in [2.05, 4.69) is 25.5 Å². The summed E-state index contributed by atoms with van der Waals surface area (Å²) in [4.78, 5) is 35.8. The van der Waals surface area contributed by atoms with Crippen LogP contribution >= 0.6 is 0 Å². The van der Waals surface area contributed by atoms with Crippen LogP contribution in [0.3, 0.4) is 0 Å². The van der Waals surface area contributed by atoms with Gasteiger partial charge < -0.3 is 19.1 Å². The molecule has 0 aromatic rings.